The molecule has 0 unspecified atom stereocenters. The van der Waals surface area contributed by atoms with Crippen LogP contribution in [0.25, 0.3) is 10.2 Å². The van der Waals surface area contributed by atoms with Gasteiger partial charge in [-0.2, -0.15) is 4.99 Å². The summed E-state index contributed by atoms with van der Waals surface area (Å²) in [5.74, 6) is -0.529. The SMILES string of the molecule is Cn1c(=NC(=O)CCNC(=O)c2ccoc2)sc2ccccc21. The molecule has 0 spiro atoms. The first-order valence-corrected chi connectivity index (χ1v) is 7.89. The van der Waals surface area contributed by atoms with Gasteiger partial charge in [-0.3, -0.25) is 9.59 Å². The van der Waals surface area contributed by atoms with Crippen LogP contribution in [0.5, 0.6) is 0 Å². The van der Waals surface area contributed by atoms with E-state index in [9.17, 15) is 9.59 Å². The van der Waals surface area contributed by atoms with Crippen molar-refractivity contribution in [2.24, 2.45) is 12.0 Å². The molecule has 0 saturated carbocycles. The Bertz CT molecular complexity index is 906. The summed E-state index contributed by atoms with van der Waals surface area (Å²) in [6, 6.07) is 9.45. The number of amides is 2. The molecule has 0 saturated heterocycles. The predicted octanol–water partition coefficient (Wildman–Crippen LogP) is 2.08. The minimum Gasteiger partial charge on any atom is -0.472 e. The molecule has 118 valence electrons. The van der Waals surface area contributed by atoms with Crippen molar-refractivity contribution >= 4 is 33.4 Å². The van der Waals surface area contributed by atoms with Crippen LogP contribution < -0.4 is 10.1 Å². The Morgan fingerprint density at radius 1 is 1.30 bits per heavy atom. The van der Waals surface area contributed by atoms with Crippen LogP contribution >= 0.6 is 11.3 Å². The summed E-state index contributed by atoms with van der Waals surface area (Å²) in [6.07, 6.45) is 2.94. The van der Waals surface area contributed by atoms with Crippen LogP contribution in [-0.4, -0.2) is 22.9 Å². The third kappa shape index (κ3) is 3.40. The van der Waals surface area contributed by atoms with Crippen LogP contribution in [0.4, 0.5) is 0 Å². The minimum absolute atomic E-state index is 0.151. The number of aryl methyl sites for hydroxylation is 1. The fourth-order valence-corrected chi connectivity index (χ4v) is 3.17. The van der Waals surface area contributed by atoms with Crippen molar-refractivity contribution in [3.63, 3.8) is 0 Å². The van der Waals surface area contributed by atoms with Crippen LogP contribution in [0.3, 0.4) is 0 Å². The van der Waals surface area contributed by atoms with Gasteiger partial charge < -0.3 is 14.3 Å². The average Bonchev–Trinajstić information content (AvgIpc) is 3.17. The van der Waals surface area contributed by atoms with Crippen molar-refractivity contribution in [2.75, 3.05) is 6.54 Å². The van der Waals surface area contributed by atoms with Gasteiger partial charge in [0.05, 0.1) is 22.0 Å². The summed E-state index contributed by atoms with van der Waals surface area (Å²) in [6.45, 7) is 0.237. The van der Waals surface area contributed by atoms with Crippen LogP contribution in [0, 0.1) is 0 Å². The molecule has 6 nitrogen and oxygen atoms in total. The number of fused-ring (bicyclic) bond motifs is 1. The van der Waals surface area contributed by atoms with Gasteiger partial charge in [-0.25, -0.2) is 0 Å². The Balaban J connectivity index is 1.64. The third-order valence-electron chi connectivity index (χ3n) is 3.34. The van der Waals surface area contributed by atoms with Crippen LogP contribution in [0.2, 0.25) is 0 Å². The van der Waals surface area contributed by atoms with Crippen molar-refractivity contribution in [1.29, 1.82) is 0 Å². The predicted molar refractivity (Wildman–Crippen MR) is 87.0 cm³/mol. The highest BCUT2D eigenvalue weighted by Gasteiger charge is 2.08. The summed E-state index contributed by atoms with van der Waals surface area (Å²) >= 11 is 1.47. The highest BCUT2D eigenvalue weighted by molar-refractivity contribution is 7.16. The molecule has 0 aliphatic rings. The van der Waals surface area contributed by atoms with E-state index in [0.29, 0.717) is 10.4 Å². The van der Waals surface area contributed by atoms with Crippen molar-refractivity contribution in [3.05, 3.63) is 53.2 Å². The van der Waals surface area contributed by atoms with Gasteiger partial charge in [0.15, 0.2) is 4.80 Å². The first kappa shape index (κ1) is 15.2. The third-order valence-corrected chi connectivity index (χ3v) is 4.46. The average molecular weight is 329 g/mol. The van der Waals surface area contributed by atoms with Gasteiger partial charge in [0, 0.05) is 20.0 Å². The van der Waals surface area contributed by atoms with Crippen molar-refractivity contribution < 1.29 is 14.0 Å². The molecule has 1 aromatic carbocycles. The van der Waals surface area contributed by atoms with Gasteiger partial charge in [-0.05, 0) is 18.2 Å². The molecule has 3 aromatic rings. The summed E-state index contributed by atoms with van der Waals surface area (Å²) in [7, 11) is 1.88. The summed E-state index contributed by atoms with van der Waals surface area (Å²) in [4.78, 5) is 28.4. The molecule has 0 bridgehead atoms. The topological polar surface area (TPSA) is 76.6 Å². The number of para-hydroxylation sites is 1. The largest absolute Gasteiger partial charge is 0.472 e. The number of benzene rings is 1. The van der Waals surface area contributed by atoms with Gasteiger partial charge in [-0.15, -0.1) is 0 Å². The number of carbonyl (C=O) groups excluding carboxylic acids is 2. The Morgan fingerprint density at radius 3 is 2.87 bits per heavy atom. The molecule has 23 heavy (non-hydrogen) atoms. The first-order valence-electron chi connectivity index (χ1n) is 7.07. The number of thiazole rings is 1. The van der Waals surface area contributed by atoms with E-state index < -0.39 is 0 Å². The van der Waals surface area contributed by atoms with Gasteiger partial charge in [0.25, 0.3) is 5.91 Å². The van der Waals surface area contributed by atoms with E-state index >= 15 is 0 Å². The minimum atomic E-state index is -0.265. The standard InChI is InChI=1S/C16H15N3O3S/c1-19-12-4-2-3-5-13(12)23-16(19)18-14(20)6-8-17-15(21)11-7-9-22-10-11/h2-5,7,9-10H,6,8H2,1H3,(H,17,21). The van der Waals surface area contributed by atoms with E-state index in [1.54, 1.807) is 6.07 Å². The maximum absolute atomic E-state index is 12.0. The summed E-state index contributed by atoms with van der Waals surface area (Å²) < 4.78 is 7.81. The second-order valence-electron chi connectivity index (χ2n) is 4.93. The molecule has 0 fully saturated rings. The molecule has 0 aliphatic carbocycles. The van der Waals surface area contributed by atoms with E-state index in [1.165, 1.54) is 23.9 Å². The number of rotatable bonds is 4. The van der Waals surface area contributed by atoms with Crippen LogP contribution in [-0.2, 0) is 11.8 Å². The molecular weight excluding hydrogens is 314 g/mol. The molecule has 0 atom stereocenters. The molecule has 2 amide bonds. The molecular formula is C16H15N3O3S. The highest BCUT2D eigenvalue weighted by Crippen LogP contribution is 2.15. The summed E-state index contributed by atoms with van der Waals surface area (Å²) in [5.41, 5.74) is 1.47. The van der Waals surface area contributed by atoms with E-state index in [-0.39, 0.29) is 24.8 Å². The fraction of sp³-hybridized carbons (Fsp3) is 0.188. The van der Waals surface area contributed by atoms with E-state index in [4.69, 9.17) is 4.42 Å². The monoisotopic (exact) mass is 329 g/mol. The number of nitrogens with zero attached hydrogens (tertiary/aromatic N) is 2. The quantitative estimate of drug-likeness (QED) is 0.796. The lowest BCUT2D eigenvalue weighted by atomic mass is 10.3. The lowest BCUT2D eigenvalue weighted by molar-refractivity contribution is -0.117. The number of hydrogen-bond acceptors (Lipinski definition) is 4. The normalized spacial score (nSPS) is 11.8. The Kier molecular flexibility index (Phi) is 4.38. The zero-order valence-corrected chi connectivity index (χ0v) is 13.3. The van der Waals surface area contributed by atoms with E-state index in [0.717, 1.165) is 10.2 Å². The molecule has 0 aliphatic heterocycles. The lowest BCUT2D eigenvalue weighted by Gasteiger charge is -2.00. The van der Waals surface area contributed by atoms with E-state index in [2.05, 4.69) is 10.3 Å². The number of carbonyl (C=O) groups is 2. The summed E-state index contributed by atoms with van der Waals surface area (Å²) in [5, 5.41) is 2.66. The fourth-order valence-electron chi connectivity index (χ4n) is 2.13. The Labute approximate surface area is 136 Å². The van der Waals surface area contributed by atoms with Crippen molar-refractivity contribution in [1.82, 2.24) is 9.88 Å². The van der Waals surface area contributed by atoms with E-state index in [1.807, 2.05) is 35.9 Å². The van der Waals surface area contributed by atoms with Crippen LogP contribution in [0.15, 0.2) is 52.3 Å². The number of aromatic nitrogens is 1. The first-order chi connectivity index (χ1) is 11.1. The molecule has 7 heteroatoms. The zero-order valence-electron chi connectivity index (χ0n) is 12.5. The Hall–Kier alpha value is -2.67. The molecule has 3 rings (SSSR count). The number of nitrogens with one attached hydrogen (secondary N) is 1. The second-order valence-corrected chi connectivity index (χ2v) is 5.94. The maximum atomic E-state index is 12.0. The van der Waals surface area contributed by atoms with Crippen LogP contribution in [0.1, 0.15) is 16.8 Å². The Morgan fingerprint density at radius 2 is 2.13 bits per heavy atom. The van der Waals surface area contributed by atoms with Crippen molar-refractivity contribution in [2.45, 2.75) is 6.42 Å². The number of furan rings is 1. The smallest absolute Gasteiger partial charge is 0.254 e. The highest BCUT2D eigenvalue weighted by atomic mass is 32.1. The zero-order chi connectivity index (χ0) is 16.2. The van der Waals surface area contributed by atoms with Gasteiger partial charge in [-0.1, -0.05) is 23.5 Å². The molecule has 1 N–H and O–H groups in total. The van der Waals surface area contributed by atoms with Crippen molar-refractivity contribution in [3.8, 4) is 0 Å². The lowest BCUT2D eigenvalue weighted by Crippen LogP contribution is -2.25. The van der Waals surface area contributed by atoms with Gasteiger partial charge in [0.2, 0.25) is 5.91 Å². The molecule has 2 heterocycles. The molecule has 2 aromatic heterocycles. The van der Waals surface area contributed by atoms with Gasteiger partial charge in [0.1, 0.15) is 6.26 Å². The maximum Gasteiger partial charge on any atom is 0.254 e. The second kappa shape index (κ2) is 6.62. The molecule has 0 radical (unpaired) electrons. The van der Waals surface area contributed by atoms with Gasteiger partial charge >= 0.3 is 0 Å². The number of hydrogen-bond donors (Lipinski definition) is 1.